The summed E-state index contributed by atoms with van der Waals surface area (Å²) < 4.78 is 12.9. The van der Waals surface area contributed by atoms with Gasteiger partial charge in [0.15, 0.2) is 5.82 Å². The molecule has 0 aliphatic heterocycles. The number of non-ortho nitro benzene ring substituents is 1. The second-order valence-electron chi connectivity index (χ2n) is 2.18. The van der Waals surface area contributed by atoms with Crippen LogP contribution < -0.4 is 5.32 Å². The quantitative estimate of drug-likeness (QED) is 0.437. The van der Waals surface area contributed by atoms with Crippen molar-refractivity contribution in [2.24, 2.45) is 0 Å². The molecule has 0 aliphatic carbocycles. The molecule has 0 spiro atoms. The standard InChI is InChI=1S/C7H5FN2O3/c8-6-3-5(10(12)13)1-2-7(6)9-4-11/h1-4H,(H,9,11). The number of carbonyl (C=O) groups excluding carboxylic acids is 1. The topological polar surface area (TPSA) is 72.2 Å². The molecule has 68 valence electrons. The number of amides is 1. The molecule has 0 unspecified atom stereocenters. The fourth-order valence-electron chi connectivity index (χ4n) is 0.798. The zero-order valence-electron chi connectivity index (χ0n) is 6.36. The van der Waals surface area contributed by atoms with Crippen molar-refractivity contribution in [1.29, 1.82) is 0 Å². The highest BCUT2D eigenvalue weighted by Crippen LogP contribution is 2.19. The molecule has 0 aromatic heterocycles. The Kier molecular flexibility index (Phi) is 2.53. The number of carbonyl (C=O) groups is 1. The summed E-state index contributed by atoms with van der Waals surface area (Å²) in [6, 6.07) is 2.97. The first-order chi connectivity index (χ1) is 6.15. The maximum atomic E-state index is 12.9. The van der Waals surface area contributed by atoms with Gasteiger partial charge in [-0.15, -0.1) is 0 Å². The van der Waals surface area contributed by atoms with Gasteiger partial charge in [-0.3, -0.25) is 14.9 Å². The summed E-state index contributed by atoms with van der Waals surface area (Å²) in [5.41, 5.74) is -0.436. The van der Waals surface area contributed by atoms with Gasteiger partial charge in [-0.25, -0.2) is 4.39 Å². The first-order valence-corrected chi connectivity index (χ1v) is 3.29. The lowest BCUT2D eigenvalue weighted by atomic mass is 10.3. The number of nitro groups is 1. The van der Waals surface area contributed by atoms with Gasteiger partial charge in [-0.2, -0.15) is 0 Å². The summed E-state index contributed by atoms with van der Waals surface area (Å²) in [7, 11) is 0. The van der Waals surface area contributed by atoms with Crippen LogP contribution in [0.25, 0.3) is 0 Å². The Morgan fingerprint density at radius 3 is 2.69 bits per heavy atom. The maximum Gasteiger partial charge on any atom is 0.272 e. The molecule has 13 heavy (non-hydrogen) atoms. The number of nitrogens with one attached hydrogen (secondary N) is 1. The molecule has 0 saturated heterocycles. The third kappa shape index (κ3) is 1.98. The fraction of sp³-hybridized carbons (Fsp3) is 0. The molecule has 0 radical (unpaired) electrons. The van der Waals surface area contributed by atoms with E-state index in [1.54, 1.807) is 0 Å². The van der Waals surface area contributed by atoms with Gasteiger partial charge in [-0.05, 0) is 6.07 Å². The second-order valence-corrected chi connectivity index (χ2v) is 2.18. The van der Waals surface area contributed by atoms with Crippen LogP contribution in [0.15, 0.2) is 18.2 Å². The van der Waals surface area contributed by atoms with E-state index < -0.39 is 10.7 Å². The normalized spacial score (nSPS) is 9.31. The number of benzene rings is 1. The van der Waals surface area contributed by atoms with Gasteiger partial charge >= 0.3 is 0 Å². The minimum atomic E-state index is -0.832. The van der Waals surface area contributed by atoms with Gasteiger partial charge in [-0.1, -0.05) is 0 Å². The summed E-state index contributed by atoms with van der Waals surface area (Å²) >= 11 is 0. The van der Waals surface area contributed by atoms with E-state index in [0.29, 0.717) is 6.41 Å². The molecule has 1 rings (SSSR count). The zero-order chi connectivity index (χ0) is 9.84. The van der Waals surface area contributed by atoms with Crippen LogP contribution in [0, 0.1) is 15.9 Å². The van der Waals surface area contributed by atoms with Gasteiger partial charge in [0.05, 0.1) is 16.7 Å². The van der Waals surface area contributed by atoms with Gasteiger partial charge < -0.3 is 5.32 Å². The molecule has 0 atom stereocenters. The number of halogens is 1. The fourth-order valence-corrected chi connectivity index (χ4v) is 0.798. The van der Waals surface area contributed by atoms with Crippen LogP contribution in [0.2, 0.25) is 0 Å². The van der Waals surface area contributed by atoms with E-state index in [1.807, 2.05) is 0 Å². The molecule has 5 nitrogen and oxygen atoms in total. The van der Waals surface area contributed by atoms with Crippen molar-refractivity contribution in [2.75, 3.05) is 5.32 Å². The van der Waals surface area contributed by atoms with Crippen LogP contribution in [0.1, 0.15) is 0 Å². The summed E-state index contributed by atoms with van der Waals surface area (Å²) in [5, 5.41) is 12.2. The summed E-state index contributed by atoms with van der Waals surface area (Å²) in [6.07, 6.45) is 0.296. The largest absolute Gasteiger partial charge is 0.326 e. The van der Waals surface area contributed by atoms with Gasteiger partial charge in [0.25, 0.3) is 5.69 Å². The van der Waals surface area contributed by atoms with E-state index in [1.165, 1.54) is 0 Å². The molecule has 0 aliphatic rings. The van der Waals surface area contributed by atoms with Gasteiger partial charge in [0.2, 0.25) is 6.41 Å². The first-order valence-electron chi connectivity index (χ1n) is 3.29. The summed E-state index contributed by atoms with van der Waals surface area (Å²) in [4.78, 5) is 19.4. The van der Waals surface area contributed by atoms with Crippen molar-refractivity contribution < 1.29 is 14.1 Å². The predicted octanol–water partition coefficient (Wildman–Crippen LogP) is 1.30. The van der Waals surface area contributed by atoms with E-state index in [2.05, 4.69) is 5.32 Å². The highest BCUT2D eigenvalue weighted by atomic mass is 19.1. The number of hydrogen-bond acceptors (Lipinski definition) is 3. The second kappa shape index (κ2) is 3.61. The van der Waals surface area contributed by atoms with Gasteiger partial charge in [0, 0.05) is 6.07 Å². The third-order valence-corrected chi connectivity index (χ3v) is 1.38. The van der Waals surface area contributed by atoms with Crippen molar-refractivity contribution in [2.45, 2.75) is 0 Å². The Hall–Kier alpha value is -1.98. The molecular weight excluding hydrogens is 179 g/mol. The molecule has 1 N–H and O–H groups in total. The molecule has 0 saturated carbocycles. The van der Waals surface area contributed by atoms with Crippen LogP contribution in [0.3, 0.4) is 0 Å². The Bertz CT molecular complexity index is 354. The minimum Gasteiger partial charge on any atom is -0.326 e. The van der Waals surface area contributed by atoms with E-state index in [0.717, 1.165) is 18.2 Å². The first kappa shape index (κ1) is 9.11. The lowest BCUT2D eigenvalue weighted by Crippen LogP contribution is -1.98. The smallest absolute Gasteiger partial charge is 0.272 e. The monoisotopic (exact) mass is 184 g/mol. The van der Waals surface area contributed by atoms with Gasteiger partial charge in [0.1, 0.15) is 0 Å². The van der Waals surface area contributed by atoms with Crippen LogP contribution >= 0.6 is 0 Å². The SMILES string of the molecule is O=CNc1ccc([N+](=O)[O-])cc1F. The maximum absolute atomic E-state index is 12.9. The minimum absolute atomic E-state index is 0.0828. The van der Waals surface area contributed by atoms with Crippen molar-refractivity contribution in [3.63, 3.8) is 0 Å². The number of nitrogens with zero attached hydrogens (tertiary/aromatic N) is 1. The van der Waals surface area contributed by atoms with Crippen molar-refractivity contribution in [1.82, 2.24) is 0 Å². The Morgan fingerprint density at radius 1 is 1.54 bits per heavy atom. The molecular formula is C7H5FN2O3. The Labute approximate surface area is 72.3 Å². The highest BCUT2D eigenvalue weighted by molar-refractivity contribution is 5.72. The van der Waals surface area contributed by atoms with Crippen LogP contribution in [0.4, 0.5) is 15.8 Å². The number of hydrogen-bond donors (Lipinski definition) is 1. The third-order valence-electron chi connectivity index (χ3n) is 1.38. The number of nitro benzene ring substituents is 1. The molecule has 0 fully saturated rings. The number of anilines is 1. The van der Waals surface area contributed by atoms with E-state index >= 15 is 0 Å². The highest BCUT2D eigenvalue weighted by Gasteiger charge is 2.09. The molecule has 6 heteroatoms. The number of rotatable bonds is 3. The average Bonchev–Trinajstić information content (AvgIpc) is 2.08. The Morgan fingerprint density at radius 2 is 2.23 bits per heavy atom. The zero-order valence-corrected chi connectivity index (χ0v) is 6.36. The predicted molar refractivity (Wildman–Crippen MR) is 42.7 cm³/mol. The van der Waals surface area contributed by atoms with Crippen LogP contribution in [-0.2, 0) is 4.79 Å². The molecule has 0 heterocycles. The van der Waals surface area contributed by atoms with E-state index in [-0.39, 0.29) is 11.4 Å². The lowest BCUT2D eigenvalue weighted by Gasteiger charge is -1.99. The lowest BCUT2D eigenvalue weighted by molar-refractivity contribution is -0.385. The Balaban J connectivity index is 3.04. The van der Waals surface area contributed by atoms with E-state index in [9.17, 15) is 19.3 Å². The van der Waals surface area contributed by atoms with Crippen LogP contribution in [0.5, 0.6) is 0 Å². The molecule has 1 amide bonds. The van der Waals surface area contributed by atoms with Crippen LogP contribution in [-0.4, -0.2) is 11.3 Å². The summed E-state index contributed by atoms with van der Waals surface area (Å²) in [5.74, 6) is -0.832. The molecule has 0 bridgehead atoms. The molecule has 1 aromatic carbocycles. The average molecular weight is 184 g/mol. The molecule has 1 aromatic rings. The van der Waals surface area contributed by atoms with Crippen molar-refractivity contribution in [3.05, 3.63) is 34.1 Å². The van der Waals surface area contributed by atoms with E-state index in [4.69, 9.17) is 0 Å². The van der Waals surface area contributed by atoms with Crippen molar-refractivity contribution in [3.8, 4) is 0 Å². The summed E-state index contributed by atoms with van der Waals surface area (Å²) in [6.45, 7) is 0. The van der Waals surface area contributed by atoms with Crippen molar-refractivity contribution >= 4 is 17.8 Å².